The molecule has 3 aromatic carbocycles. The lowest BCUT2D eigenvalue weighted by Crippen LogP contribution is -2.33. The highest BCUT2D eigenvalue weighted by Crippen LogP contribution is 2.41. The lowest BCUT2D eigenvalue weighted by Gasteiger charge is -2.36. The van der Waals surface area contributed by atoms with Gasteiger partial charge in [-0.15, -0.1) is 0 Å². The molecule has 3 rings (SSSR count). The SMILES string of the molecule is C/C=C(/C)COC(c1ccccc1)(c1ccccc1)c1ccc(OC)cc1. The zero-order valence-corrected chi connectivity index (χ0v) is 16.2. The van der Waals surface area contributed by atoms with Gasteiger partial charge in [0.25, 0.3) is 0 Å². The summed E-state index contributed by atoms with van der Waals surface area (Å²) in [5.41, 5.74) is 3.78. The van der Waals surface area contributed by atoms with Gasteiger partial charge >= 0.3 is 0 Å². The first-order valence-electron chi connectivity index (χ1n) is 9.22. The molecule has 0 unspecified atom stereocenters. The molecule has 0 aliphatic rings. The van der Waals surface area contributed by atoms with Crippen molar-refractivity contribution >= 4 is 0 Å². The molecule has 2 heteroatoms. The molecule has 0 spiro atoms. The fourth-order valence-corrected chi connectivity index (χ4v) is 3.23. The third-order valence-corrected chi connectivity index (χ3v) is 4.87. The highest BCUT2D eigenvalue weighted by molar-refractivity contribution is 5.48. The second kappa shape index (κ2) is 8.70. The zero-order chi connectivity index (χ0) is 19.1. The molecular weight excluding hydrogens is 332 g/mol. The summed E-state index contributed by atoms with van der Waals surface area (Å²) in [4.78, 5) is 0. The average Bonchev–Trinajstić information content (AvgIpc) is 2.76. The van der Waals surface area contributed by atoms with Gasteiger partial charge < -0.3 is 9.47 Å². The van der Waals surface area contributed by atoms with Gasteiger partial charge in [-0.25, -0.2) is 0 Å². The first kappa shape index (κ1) is 18.9. The maximum Gasteiger partial charge on any atom is 0.144 e. The van der Waals surface area contributed by atoms with Gasteiger partial charge in [-0.3, -0.25) is 0 Å². The Morgan fingerprint density at radius 3 is 1.70 bits per heavy atom. The molecule has 0 fully saturated rings. The van der Waals surface area contributed by atoms with E-state index < -0.39 is 5.60 Å². The van der Waals surface area contributed by atoms with Crippen molar-refractivity contribution in [2.45, 2.75) is 19.4 Å². The molecule has 0 atom stereocenters. The van der Waals surface area contributed by atoms with Gasteiger partial charge in [0, 0.05) is 0 Å². The van der Waals surface area contributed by atoms with Gasteiger partial charge in [0.2, 0.25) is 0 Å². The molecule has 3 aromatic rings. The molecule has 0 aromatic heterocycles. The Bertz CT molecular complexity index is 826. The van der Waals surface area contributed by atoms with Crippen LogP contribution < -0.4 is 4.74 Å². The molecule has 0 heterocycles. The van der Waals surface area contributed by atoms with E-state index in [9.17, 15) is 0 Å². The first-order chi connectivity index (χ1) is 13.2. The number of ether oxygens (including phenoxy) is 2. The summed E-state index contributed by atoms with van der Waals surface area (Å²) in [7, 11) is 1.68. The minimum atomic E-state index is -0.695. The van der Waals surface area contributed by atoms with E-state index in [0.717, 1.165) is 22.4 Å². The smallest absolute Gasteiger partial charge is 0.144 e. The Balaban J connectivity index is 2.23. The molecule has 0 N–H and O–H groups in total. The van der Waals surface area contributed by atoms with Crippen molar-refractivity contribution in [1.82, 2.24) is 0 Å². The Kier molecular flexibility index (Phi) is 6.10. The third kappa shape index (κ3) is 3.96. The molecule has 27 heavy (non-hydrogen) atoms. The van der Waals surface area contributed by atoms with E-state index in [0.29, 0.717) is 6.61 Å². The normalized spacial score (nSPS) is 12.0. The van der Waals surface area contributed by atoms with Crippen LogP contribution in [0.5, 0.6) is 5.75 Å². The summed E-state index contributed by atoms with van der Waals surface area (Å²) in [6.45, 7) is 4.68. The monoisotopic (exact) mass is 358 g/mol. The Labute approximate surface area is 162 Å². The Morgan fingerprint density at radius 1 is 0.778 bits per heavy atom. The molecule has 2 nitrogen and oxygen atoms in total. The van der Waals surface area contributed by atoms with Gasteiger partial charge in [-0.2, -0.15) is 0 Å². The number of methoxy groups -OCH3 is 1. The predicted molar refractivity (Wildman–Crippen MR) is 111 cm³/mol. The summed E-state index contributed by atoms with van der Waals surface area (Å²) in [6.07, 6.45) is 2.09. The van der Waals surface area contributed by atoms with E-state index >= 15 is 0 Å². The molecule has 0 bridgehead atoms. The lowest BCUT2D eigenvalue weighted by atomic mass is 9.80. The quantitative estimate of drug-likeness (QED) is 0.383. The molecule has 0 amide bonds. The highest BCUT2D eigenvalue weighted by atomic mass is 16.5. The minimum Gasteiger partial charge on any atom is -0.497 e. The lowest BCUT2D eigenvalue weighted by molar-refractivity contribution is 0.0278. The fourth-order valence-electron chi connectivity index (χ4n) is 3.23. The summed E-state index contributed by atoms with van der Waals surface area (Å²) >= 11 is 0. The van der Waals surface area contributed by atoms with Crippen LogP contribution in [-0.4, -0.2) is 13.7 Å². The summed E-state index contributed by atoms with van der Waals surface area (Å²) in [5, 5.41) is 0. The standard InChI is InChI=1S/C25H26O2/c1-4-20(2)19-27-25(21-11-7-5-8-12-21,22-13-9-6-10-14-22)23-15-17-24(26-3)18-16-23/h4-18H,19H2,1-3H3/b20-4-. The van der Waals surface area contributed by atoms with Crippen LogP contribution in [0.4, 0.5) is 0 Å². The van der Waals surface area contributed by atoms with Crippen molar-refractivity contribution in [3.63, 3.8) is 0 Å². The van der Waals surface area contributed by atoms with Crippen molar-refractivity contribution in [3.8, 4) is 5.75 Å². The van der Waals surface area contributed by atoms with Crippen LogP contribution in [0.1, 0.15) is 30.5 Å². The van der Waals surface area contributed by atoms with Crippen LogP contribution in [0.3, 0.4) is 0 Å². The van der Waals surface area contributed by atoms with Gasteiger partial charge in [0.15, 0.2) is 0 Å². The second-order valence-electron chi connectivity index (χ2n) is 6.57. The molecule has 0 aliphatic heterocycles. The van der Waals surface area contributed by atoms with Crippen molar-refractivity contribution in [1.29, 1.82) is 0 Å². The number of hydrogen-bond donors (Lipinski definition) is 0. The average molecular weight is 358 g/mol. The molecular formula is C25H26O2. The first-order valence-corrected chi connectivity index (χ1v) is 9.22. The fraction of sp³-hybridized carbons (Fsp3) is 0.200. The van der Waals surface area contributed by atoms with E-state index in [1.54, 1.807) is 7.11 Å². The van der Waals surface area contributed by atoms with Gasteiger partial charge in [0.05, 0.1) is 13.7 Å². The molecule has 0 radical (unpaired) electrons. The van der Waals surface area contributed by atoms with Gasteiger partial charge in [0.1, 0.15) is 11.4 Å². The summed E-state index contributed by atoms with van der Waals surface area (Å²) < 4.78 is 12.1. The van der Waals surface area contributed by atoms with Crippen molar-refractivity contribution < 1.29 is 9.47 Å². The van der Waals surface area contributed by atoms with Crippen LogP contribution in [0.25, 0.3) is 0 Å². The number of allylic oxidation sites excluding steroid dienone is 1. The predicted octanol–water partition coefficient (Wildman–Crippen LogP) is 5.97. The zero-order valence-electron chi connectivity index (χ0n) is 16.2. The van der Waals surface area contributed by atoms with Gasteiger partial charge in [-0.05, 0) is 42.7 Å². The van der Waals surface area contributed by atoms with E-state index in [-0.39, 0.29) is 0 Å². The number of benzene rings is 3. The largest absolute Gasteiger partial charge is 0.497 e. The van der Waals surface area contributed by atoms with Crippen LogP contribution >= 0.6 is 0 Å². The Morgan fingerprint density at radius 2 is 1.26 bits per heavy atom. The van der Waals surface area contributed by atoms with Crippen LogP contribution in [0, 0.1) is 0 Å². The van der Waals surface area contributed by atoms with Gasteiger partial charge in [-0.1, -0.05) is 84.4 Å². The molecule has 138 valence electrons. The highest BCUT2D eigenvalue weighted by Gasteiger charge is 2.37. The second-order valence-corrected chi connectivity index (χ2v) is 6.57. The van der Waals surface area contributed by atoms with Crippen molar-refractivity contribution in [3.05, 3.63) is 113 Å². The number of rotatable bonds is 7. The van der Waals surface area contributed by atoms with E-state index in [1.807, 2.05) is 31.2 Å². The van der Waals surface area contributed by atoms with Crippen LogP contribution in [0.2, 0.25) is 0 Å². The van der Waals surface area contributed by atoms with E-state index in [1.165, 1.54) is 5.57 Å². The molecule has 0 aliphatic carbocycles. The summed E-state index contributed by atoms with van der Waals surface area (Å²) in [6, 6.07) is 29.0. The van der Waals surface area contributed by atoms with Crippen LogP contribution in [-0.2, 0) is 10.3 Å². The van der Waals surface area contributed by atoms with Crippen LogP contribution in [0.15, 0.2) is 96.6 Å². The molecule has 0 saturated carbocycles. The van der Waals surface area contributed by atoms with E-state index in [4.69, 9.17) is 9.47 Å². The third-order valence-electron chi connectivity index (χ3n) is 4.87. The molecule has 0 saturated heterocycles. The topological polar surface area (TPSA) is 18.5 Å². The summed E-state index contributed by atoms with van der Waals surface area (Å²) in [5.74, 6) is 0.832. The minimum absolute atomic E-state index is 0.548. The maximum absolute atomic E-state index is 6.71. The number of hydrogen-bond acceptors (Lipinski definition) is 2. The Hall–Kier alpha value is -2.84. The van der Waals surface area contributed by atoms with E-state index in [2.05, 4.69) is 73.7 Å². The maximum atomic E-state index is 6.71. The van der Waals surface area contributed by atoms with Crippen molar-refractivity contribution in [2.24, 2.45) is 0 Å². The van der Waals surface area contributed by atoms with Crippen molar-refractivity contribution in [2.75, 3.05) is 13.7 Å².